The Bertz CT molecular complexity index is 278. The number of rotatable bonds is 5. The van der Waals surface area contributed by atoms with Gasteiger partial charge in [-0.2, -0.15) is 11.8 Å². The molecular formula is C11H17NOS. The topological polar surface area (TPSA) is 32.3 Å². The largest absolute Gasteiger partial charge is 0.508 e. The van der Waals surface area contributed by atoms with Crippen molar-refractivity contribution < 1.29 is 5.11 Å². The predicted molar refractivity (Wildman–Crippen MR) is 62.8 cm³/mol. The van der Waals surface area contributed by atoms with Crippen LogP contribution in [0.5, 0.6) is 5.75 Å². The molecule has 3 heteroatoms. The fourth-order valence-electron chi connectivity index (χ4n) is 1.27. The summed E-state index contributed by atoms with van der Waals surface area (Å²) in [4.78, 5) is 0. The van der Waals surface area contributed by atoms with E-state index in [-0.39, 0.29) is 0 Å². The highest BCUT2D eigenvalue weighted by atomic mass is 32.2. The highest BCUT2D eigenvalue weighted by molar-refractivity contribution is 7.98. The van der Waals surface area contributed by atoms with E-state index in [0.29, 0.717) is 11.8 Å². The maximum absolute atomic E-state index is 9.25. The molecule has 0 fully saturated rings. The maximum atomic E-state index is 9.25. The minimum atomic E-state index is 0.335. The molecule has 1 rings (SSSR count). The molecule has 0 saturated heterocycles. The normalized spacial score (nSPS) is 12.7. The Labute approximate surface area is 89.7 Å². The van der Waals surface area contributed by atoms with Crippen LogP contribution in [0.4, 0.5) is 0 Å². The zero-order chi connectivity index (χ0) is 10.4. The Kier molecular flexibility index (Phi) is 4.84. The first kappa shape index (κ1) is 11.4. The molecule has 0 bridgehead atoms. The van der Waals surface area contributed by atoms with Gasteiger partial charge in [-0.05, 0) is 30.9 Å². The standard InChI is InChI=1S/C11H17NOS/c1-9(8-14-2)12-7-10-4-3-5-11(13)6-10/h3-6,9,12-13H,7-8H2,1-2H3. The van der Waals surface area contributed by atoms with Gasteiger partial charge in [0.05, 0.1) is 0 Å². The first-order chi connectivity index (χ1) is 6.72. The van der Waals surface area contributed by atoms with Gasteiger partial charge in [-0.25, -0.2) is 0 Å². The second kappa shape index (κ2) is 5.94. The molecule has 0 aliphatic rings. The molecule has 0 aliphatic heterocycles. The van der Waals surface area contributed by atoms with Gasteiger partial charge >= 0.3 is 0 Å². The molecule has 0 radical (unpaired) electrons. The van der Waals surface area contributed by atoms with Gasteiger partial charge in [-0.15, -0.1) is 0 Å². The number of aromatic hydroxyl groups is 1. The van der Waals surface area contributed by atoms with E-state index < -0.39 is 0 Å². The highest BCUT2D eigenvalue weighted by Crippen LogP contribution is 2.10. The number of benzene rings is 1. The van der Waals surface area contributed by atoms with Crippen LogP contribution in [0.1, 0.15) is 12.5 Å². The van der Waals surface area contributed by atoms with Gasteiger partial charge in [-0.3, -0.25) is 0 Å². The van der Waals surface area contributed by atoms with E-state index in [0.717, 1.165) is 17.9 Å². The molecule has 2 nitrogen and oxygen atoms in total. The lowest BCUT2D eigenvalue weighted by Crippen LogP contribution is -2.27. The van der Waals surface area contributed by atoms with E-state index >= 15 is 0 Å². The molecule has 0 amide bonds. The van der Waals surface area contributed by atoms with Crippen LogP contribution in [0.15, 0.2) is 24.3 Å². The lowest BCUT2D eigenvalue weighted by molar-refractivity contribution is 0.473. The summed E-state index contributed by atoms with van der Waals surface area (Å²) in [5, 5.41) is 12.6. The molecule has 0 spiro atoms. The number of thioether (sulfide) groups is 1. The highest BCUT2D eigenvalue weighted by Gasteiger charge is 2.00. The lowest BCUT2D eigenvalue weighted by atomic mass is 10.2. The van der Waals surface area contributed by atoms with Crippen molar-refractivity contribution in [1.82, 2.24) is 5.32 Å². The molecule has 2 N–H and O–H groups in total. The number of hydrogen-bond donors (Lipinski definition) is 2. The Morgan fingerprint density at radius 1 is 1.50 bits per heavy atom. The Morgan fingerprint density at radius 3 is 2.93 bits per heavy atom. The summed E-state index contributed by atoms with van der Waals surface area (Å²) in [6.45, 7) is 2.98. The molecule has 0 aromatic heterocycles. The minimum Gasteiger partial charge on any atom is -0.508 e. The lowest BCUT2D eigenvalue weighted by Gasteiger charge is -2.12. The van der Waals surface area contributed by atoms with Crippen LogP contribution in [-0.2, 0) is 6.54 Å². The van der Waals surface area contributed by atoms with Crippen molar-refractivity contribution in [2.24, 2.45) is 0 Å². The van der Waals surface area contributed by atoms with Crippen molar-refractivity contribution in [3.8, 4) is 5.75 Å². The van der Waals surface area contributed by atoms with E-state index in [2.05, 4.69) is 18.5 Å². The number of nitrogens with one attached hydrogen (secondary N) is 1. The van der Waals surface area contributed by atoms with Crippen LogP contribution in [0.2, 0.25) is 0 Å². The summed E-state index contributed by atoms with van der Waals surface area (Å²) in [7, 11) is 0. The summed E-state index contributed by atoms with van der Waals surface area (Å²) in [5.74, 6) is 1.44. The zero-order valence-corrected chi connectivity index (χ0v) is 9.47. The van der Waals surface area contributed by atoms with Crippen LogP contribution >= 0.6 is 11.8 Å². The SMILES string of the molecule is CSCC(C)NCc1cccc(O)c1. The van der Waals surface area contributed by atoms with E-state index in [9.17, 15) is 5.11 Å². The fraction of sp³-hybridized carbons (Fsp3) is 0.455. The second-order valence-corrected chi connectivity index (χ2v) is 4.32. The third-order valence-corrected chi connectivity index (χ3v) is 2.82. The third kappa shape index (κ3) is 4.03. The van der Waals surface area contributed by atoms with Crippen molar-refractivity contribution in [2.45, 2.75) is 19.5 Å². The molecule has 1 atom stereocenters. The van der Waals surface area contributed by atoms with Crippen molar-refractivity contribution in [3.05, 3.63) is 29.8 Å². The predicted octanol–water partition coefficient (Wildman–Crippen LogP) is 2.23. The number of phenols is 1. The minimum absolute atomic E-state index is 0.335. The number of hydrogen-bond acceptors (Lipinski definition) is 3. The Morgan fingerprint density at radius 2 is 2.29 bits per heavy atom. The van der Waals surface area contributed by atoms with Crippen LogP contribution in [-0.4, -0.2) is 23.2 Å². The van der Waals surface area contributed by atoms with Crippen molar-refractivity contribution in [3.63, 3.8) is 0 Å². The van der Waals surface area contributed by atoms with Gasteiger partial charge < -0.3 is 10.4 Å². The van der Waals surface area contributed by atoms with E-state index in [4.69, 9.17) is 0 Å². The second-order valence-electron chi connectivity index (χ2n) is 3.41. The first-order valence-electron chi connectivity index (χ1n) is 4.72. The van der Waals surface area contributed by atoms with Crippen LogP contribution in [0.3, 0.4) is 0 Å². The molecule has 1 unspecified atom stereocenters. The molecule has 1 aromatic carbocycles. The van der Waals surface area contributed by atoms with E-state index in [1.165, 1.54) is 0 Å². The van der Waals surface area contributed by atoms with Crippen LogP contribution in [0, 0.1) is 0 Å². The summed E-state index contributed by atoms with van der Waals surface area (Å²) < 4.78 is 0. The zero-order valence-electron chi connectivity index (χ0n) is 8.66. The van der Waals surface area contributed by atoms with Gasteiger partial charge in [0.2, 0.25) is 0 Å². The molecular weight excluding hydrogens is 194 g/mol. The van der Waals surface area contributed by atoms with Crippen LogP contribution < -0.4 is 5.32 Å². The van der Waals surface area contributed by atoms with Gasteiger partial charge in [0.25, 0.3) is 0 Å². The van der Waals surface area contributed by atoms with Gasteiger partial charge in [-0.1, -0.05) is 12.1 Å². The van der Waals surface area contributed by atoms with Gasteiger partial charge in [0.15, 0.2) is 0 Å². The van der Waals surface area contributed by atoms with Crippen molar-refractivity contribution in [1.29, 1.82) is 0 Å². The molecule has 0 saturated carbocycles. The molecule has 78 valence electrons. The summed E-state index contributed by atoms with van der Waals surface area (Å²) in [5.41, 5.74) is 1.12. The first-order valence-corrected chi connectivity index (χ1v) is 6.12. The molecule has 1 aromatic rings. The number of phenolic OH excluding ortho intramolecular Hbond substituents is 1. The average Bonchev–Trinajstić information content (AvgIpc) is 2.15. The van der Waals surface area contributed by atoms with Crippen LogP contribution in [0.25, 0.3) is 0 Å². The van der Waals surface area contributed by atoms with Gasteiger partial charge in [0.1, 0.15) is 5.75 Å². The molecule has 14 heavy (non-hydrogen) atoms. The third-order valence-electron chi connectivity index (χ3n) is 1.98. The monoisotopic (exact) mass is 211 g/mol. The summed E-state index contributed by atoms with van der Waals surface area (Å²) in [6, 6.07) is 7.87. The van der Waals surface area contributed by atoms with Crippen molar-refractivity contribution >= 4 is 11.8 Å². The smallest absolute Gasteiger partial charge is 0.115 e. The maximum Gasteiger partial charge on any atom is 0.115 e. The summed E-state index contributed by atoms with van der Waals surface area (Å²) >= 11 is 1.84. The Hall–Kier alpha value is -0.670. The van der Waals surface area contributed by atoms with Crippen molar-refractivity contribution in [2.75, 3.05) is 12.0 Å². The quantitative estimate of drug-likeness (QED) is 0.783. The molecule has 0 heterocycles. The van der Waals surface area contributed by atoms with E-state index in [1.807, 2.05) is 23.9 Å². The van der Waals surface area contributed by atoms with Gasteiger partial charge in [0, 0.05) is 18.3 Å². The summed E-state index contributed by atoms with van der Waals surface area (Å²) in [6.07, 6.45) is 2.10. The average molecular weight is 211 g/mol. The fourth-order valence-corrected chi connectivity index (χ4v) is 1.89. The van der Waals surface area contributed by atoms with E-state index in [1.54, 1.807) is 12.1 Å². The molecule has 0 aliphatic carbocycles. The Balaban J connectivity index is 2.37.